The SMILES string of the molecule is N#Cc1c[nH]c2cc(N=C=O)ccc12. The third kappa shape index (κ3) is 1.18. The quantitative estimate of drug-likeness (QED) is 0.542. The highest BCUT2D eigenvalue weighted by atomic mass is 16.1. The summed E-state index contributed by atoms with van der Waals surface area (Å²) >= 11 is 0. The highest BCUT2D eigenvalue weighted by Crippen LogP contribution is 2.22. The van der Waals surface area contributed by atoms with E-state index in [2.05, 4.69) is 16.0 Å². The van der Waals surface area contributed by atoms with Crippen LogP contribution in [-0.4, -0.2) is 11.1 Å². The number of fused-ring (bicyclic) bond motifs is 1. The monoisotopic (exact) mass is 183 g/mol. The van der Waals surface area contributed by atoms with E-state index in [1.54, 1.807) is 24.4 Å². The Hall–Kier alpha value is -2.37. The first-order chi connectivity index (χ1) is 6.85. The summed E-state index contributed by atoms with van der Waals surface area (Å²) in [4.78, 5) is 16.4. The van der Waals surface area contributed by atoms with Crippen molar-refractivity contribution in [2.45, 2.75) is 0 Å². The minimum absolute atomic E-state index is 0.527. The van der Waals surface area contributed by atoms with Crippen LogP contribution in [0.1, 0.15) is 5.56 Å². The van der Waals surface area contributed by atoms with E-state index in [0.717, 1.165) is 10.9 Å². The van der Waals surface area contributed by atoms with E-state index in [1.807, 2.05) is 0 Å². The minimum atomic E-state index is 0.527. The first-order valence-electron chi connectivity index (χ1n) is 3.94. The van der Waals surface area contributed by atoms with Crippen LogP contribution < -0.4 is 0 Å². The molecule has 0 unspecified atom stereocenters. The molecule has 0 bridgehead atoms. The second-order valence-electron chi connectivity index (χ2n) is 2.75. The average molecular weight is 183 g/mol. The Morgan fingerprint density at radius 3 is 3.00 bits per heavy atom. The number of carbonyl (C=O) groups excluding carboxylic acids is 1. The summed E-state index contributed by atoms with van der Waals surface area (Å²) < 4.78 is 0. The number of rotatable bonds is 1. The van der Waals surface area contributed by atoms with Gasteiger partial charge in [0.25, 0.3) is 0 Å². The zero-order chi connectivity index (χ0) is 9.97. The Morgan fingerprint density at radius 1 is 1.43 bits per heavy atom. The van der Waals surface area contributed by atoms with Crippen LogP contribution in [0.15, 0.2) is 29.4 Å². The molecule has 0 aliphatic heterocycles. The van der Waals surface area contributed by atoms with Crippen molar-refractivity contribution in [1.82, 2.24) is 4.98 Å². The molecule has 4 nitrogen and oxygen atoms in total. The second-order valence-corrected chi connectivity index (χ2v) is 2.75. The Balaban J connectivity index is 2.70. The van der Waals surface area contributed by atoms with Gasteiger partial charge in [-0.25, -0.2) is 4.79 Å². The first-order valence-corrected chi connectivity index (χ1v) is 3.94. The maximum absolute atomic E-state index is 10.0. The maximum atomic E-state index is 10.0. The van der Waals surface area contributed by atoms with Gasteiger partial charge in [0.1, 0.15) is 6.07 Å². The molecule has 0 aliphatic rings. The third-order valence-electron chi connectivity index (χ3n) is 1.96. The number of aromatic nitrogens is 1. The van der Waals surface area contributed by atoms with Gasteiger partial charge in [-0.3, -0.25) is 0 Å². The van der Waals surface area contributed by atoms with E-state index in [4.69, 9.17) is 5.26 Å². The van der Waals surface area contributed by atoms with Gasteiger partial charge in [-0.2, -0.15) is 10.3 Å². The van der Waals surface area contributed by atoms with Gasteiger partial charge < -0.3 is 4.98 Å². The summed E-state index contributed by atoms with van der Waals surface area (Å²) in [5.74, 6) is 0. The summed E-state index contributed by atoms with van der Waals surface area (Å²) in [5.41, 5.74) is 1.90. The summed E-state index contributed by atoms with van der Waals surface area (Å²) in [6.45, 7) is 0. The lowest BCUT2D eigenvalue weighted by atomic mass is 10.2. The van der Waals surface area contributed by atoms with Crippen LogP contribution in [0.5, 0.6) is 0 Å². The Bertz CT molecular complexity index is 571. The van der Waals surface area contributed by atoms with Crippen LogP contribution in [-0.2, 0) is 4.79 Å². The van der Waals surface area contributed by atoms with Crippen molar-refractivity contribution >= 4 is 22.7 Å². The van der Waals surface area contributed by atoms with Crippen LogP contribution in [0, 0.1) is 11.3 Å². The van der Waals surface area contributed by atoms with Crippen molar-refractivity contribution < 1.29 is 4.79 Å². The largest absolute Gasteiger partial charge is 0.360 e. The van der Waals surface area contributed by atoms with Crippen molar-refractivity contribution in [3.05, 3.63) is 30.0 Å². The van der Waals surface area contributed by atoms with E-state index in [0.29, 0.717) is 11.3 Å². The number of isocyanates is 1. The van der Waals surface area contributed by atoms with Gasteiger partial charge in [0.05, 0.1) is 11.3 Å². The molecule has 1 heterocycles. The Labute approximate surface area is 79.5 Å². The highest BCUT2D eigenvalue weighted by Gasteiger charge is 2.02. The normalized spacial score (nSPS) is 9.36. The zero-order valence-electron chi connectivity index (χ0n) is 7.11. The van der Waals surface area contributed by atoms with Gasteiger partial charge in [-0.05, 0) is 18.2 Å². The van der Waals surface area contributed by atoms with Crippen LogP contribution in [0.25, 0.3) is 10.9 Å². The number of aromatic amines is 1. The summed E-state index contributed by atoms with van der Waals surface area (Å²) in [6.07, 6.45) is 3.09. The fourth-order valence-corrected chi connectivity index (χ4v) is 1.33. The third-order valence-corrected chi connectivity index (χ3v) is 1.96. The molecule has 14 heavy (non-hydrogen) atoms. The standard InChI is InChI=1S/C10H5N3O/c11-4-7-5-12-10-3-8(13-6-14)1-2-9(7)10/h1-3,5,12H. The fraction of sp³-hybridized carbons (Fsp3) is 0. The van der Waals surface area contributed by atoms with Gasteiger partial charge in [0, 0.05) is 17.1 Å². The lowest BCUT2D eigenvalue weighted by Crippen LogP contribution is -1.70. The second kappa shape index (κ2) is 3.17. The number of nitrogens with one attached hydrogen (secondary N) is 1. The van der Waals surface area contributed by atoms with E-state index in [9.17, 15) is 4.79 Å². The molecule has 0 amide bonds. The lowest BCUT2D eigenvalue weighted by molar-refractivity contribution is 0.565. The van der Waals surface area contributed by atoms with E-state index in [-0.39, 0.29) is 0 Å². The summed E-state index contributed by atoms with van der Waals surface area (Å²) in [6, 6.07) is 7.18. The molecule has 0 saturated carbocycles. The van der Waals surface area contributed by atoms with Crippen LogP contribution in [0.2, 0.25) is 0 Å². The predicted octanol–water partition coefficient (Wildman–Crippen LogP) is 2.01. The predicted molar refractivity (Wildman–Crippen MR) is 50.8 cm³/mol. The molecular weight excluding hydrogens is 178 g/mol. The number of hydrogen-bond acceptors (Lipinski definition) is 3. The average Bonchev–Trinajstić information content (AvgIpc) is 2.60. The van der Waals surface area contributed by atoms with E-state index in [1.165, 1.54) is 6.08 Å². The van der Waals surface area contributed by atoms with Crippen molar-refractivity contribution in [2.24, 2.45) is 4.99 Å². The molecule has 66 valence electrons. The molecule has 0 saturated heterocycles. The van der Waals surface area contributed by atoms with Crippen LogP contribution in [0.4, 0.5) is 5.69 Å². The smallest absolute Gasteiger partial charge is 0.240 e. The molecule has 4 heteroatoms. The van der Waals surface area contributed by atoms with Crippen LogP contribution in [0.3, 0.4) is 0 Å². The summed E-state index contributed by atoms with van der Waals surface area (Å²) in [5, 5.41) is 9.57. The molecule has 1 aromatic carbocycles. The molecule has 0 atom stereocenters. The number of hydrogen-bond donors (Lipinski definition) is 1. The van der Waals surface area contributed by atoms with Gasteiger partial charge >= 0.3 is 0 Å². The molecule has 0 fully saturated rings. The molecule has 1 aromatic heterocycles. The number of aliphatic imine (C=N–C) groups is 1. The minimum Gasteiger partial charge on any atom is -0.360 e. The Kier molecular flexibility index (Phi) is 1.87. The zero-order valence-corrected chi connectivity index (χ0v) is 7.11. The molecule has 0 radical (unpaired) electrons. The number of nitriles is 1. The van der Waals surface area contributed by atoms with Crippen molar-refractivity contribution in [2.75, 3.05) is 0 Å². The molecule has 0 aliphatic carbocycles. The maximum Gasteiger partial charge on any atom is 0.240 e. The number of nitrogens with zero attached hydrogens (tertiary/aromatic N) is 2. The first kappa shape index (κ1) is 8.24. The van der Waals surface area contributed by atoms with Crippen LogP contribution >= 0.6 is 0 Å². The van der Waals surface area contributed by atoms with Gasteiger partial charge in [-0.1, -0.05) is 0 Å². The van der Waals surface area contributed by atoms with Crippen molar-refractivity contribution in [3.8, 4) is 6.07 Å². The molecule has 1 N–H and O–H groups in total. The van der Waals surface area contributed by atoms with Gasteiger partial charge in [0.15, 0.2) is 0 Å². The number of H-pyrrole nitrogens is 1. The number of benzene rings is 1. The molecule has 2 rings (SSSR count). The molecular formula is C10H5N3O. The highest BCUT2D eigenvalue weighted by molar-refractivity contribution is 5.87. The van der Waals surface area contributed by atoms with Gasteiger partial charge in [0.2, 0.25) is 6.08 Å². The van der Waals surface area contributed by atoms with Crippen molar-refractivity contribution in [3.63, 3.8) is 0 Å². The topological polar surface area (TPSA) is 69.0 Å². The molecule has 0 spiro atoms. The Morgan fingerprint density at radius 2 is 2.29 bits per heavy atom. The molecule has 2 aromatic rings. The lowest BCUT2D eigenvalue weighted by Gasteiger charge is -1.91. The van der Waals surface area contributed by atoms with E-state index >= 15 is 0 Å². The van der Waals surface area contributed by atoms with Gasteiger partial charge in [-0.15, -0.1) is 0 Å². The van der Waals surface area contributed by atoms with E-state index < -0.39 is 0 Å². The summed E-state index contributed by atoms with van der Waals surface area (Å²) in [7, 11) is 0. The fourth-order valence-electron chi connectivity index (χ4n) is 1.33. The van der Waals surface area contributed by atoms with Crippen molar-refractivity contribution in [1.29, 1.82) is 5.26 Å².